The average Bonchev–Trinajstić information content (AvgIpc) is 2.90. The maximum atomic E-state index is 12.9. The predicted octanol–water partition coefficient (Wildman–Crippen LogP) is 1.26. The number of carbonyl (C=O) groups excluding carboxylic acids is 2. The first-order valence-corrected chi connectivity index (χ1v) is 11.8. The minimum atomic E-state index is -0.702. The number of rotatable bonds is 8. The molecule has 1 fully saturated rings. The Morgan fingerprint density at radius 1 is 1.03 bits per heavy atom. The Labute approximate surface area is 209 Å². The molecule has 0 spiro atoms. The number of amides is 2. The van der Waals surface area contributed by atoms with Gasteiger partial charge in [0.2, 0.25) is 11.8 Å². The Kier molecular flexibility index (Phi) is 7.84. The maximum absolute atomic E-state index is 12.9. The van der Waals surface area contributed by atoms with Gasteiger partial charge in [0.25, 0.3) is 5.56 Å². The van der Waals surface area contributed by atoms with E-state index in [-0.39, 0.29) is 18.0 Å². The van der Waals surface area contributed by atoms with Crippen LogP contribution in [0.2, 0.25) is 0 Å². The van der Waals surface area contributed by atoms with Gasteiger partial charge in [-0.15, -0.1) is 0 Å². The van der Waals surface area contributed by atoms with Gasteiger partial charge in [0.1, 0.15) is 12.6 Å². The van der Waals surface area contributed by atoms with Crippen LogP contribution in [-0.2, 0) is 22.7 Å². The SMILES string of the molecule is COc1cc2ncn(CC(=O)N[C@H](C)C(=O)N3CCN(Cc4ccccc4)CC3)c(=O)c2cc1OC. The van der Waals surface area contributed by atoms with Crippen LogP contribution in [0.3, 0.4) is 0 Å². The van der Waals surface area contributed by atoms with E-state index in [0.29, 0.717) is 35.5 Å². The molecule has 0 saturated carbocycles. The number of hydrogen-bond acceptors (Lipinski definition) is 7. The molecule has 1 N–H and O–H groups in total. The molecule has 0 unspecified atom stereocenters. The van der Waals surface area contributed by atoms with E-state index in [1.807, 2.05) is 18.2 Å². The zero-order chi connectivity index (χ0) is 25.7. The fourth-order valence-corrected chi connectivity index (χ4v) is 4.34. The molecule has 1 saturated heterocycles. The van der Waals surface area contributed by atoms with Crippen LogP contribution >= 0.6 is 0 Å². The molecule has 1 atom stereocenters. The Morgan fingerprint density at radius 3 is 2.36 bits per heavy atom. The Bertz CT molecular complexity index is 1290. The molecule has 1 aliphatic rings. The standard InChI is InChI=1S/C26H31N5O5/c1-18(25(33)30-11-9-29(10-12-30)15-19-7-5-4-6-8-19)28-24(32)16-31-17-27-21-14-23(36-3)22(35-2)13-20(21)26(31)34/h4-8,13-14,17-18H,9-12,15-16H2,1-3H3,(H,28,32)/t18-/m1/s1. The lowest BCUT2D eigenvalue weighted by atomic mass is 10.2. The number of piperazine rings is 1. The minimum absolute atomic E-state index is 0.136. The predicted molar refractivity (Wildman–Crippen MR) is 135 cm³/mol. The highest BCUT2D eigenvalue weighted by molar-refractivity contribution is 5.87. The summed E-state index contributed by atoms with van der Waals surface area (Å²) in [6.07, 6.45) is 1.31. The number of ether oxygens (including phenoxy) is 2. The van der Waals surface area contributed by atoms with E-state index in [1.54, 1.807) is 24.0 Å². The van der Waals surface area contributed by atoms with E-state index >= 15 is 0 Å². The van der Waals surface area contributed by atoms with E-state index < -0.39 is 11.9 Å². The van der Waals surface area contributed by atoms with Gasteiger partial charge in [-0.25, -0.2) is 4.98 Å². The highest BCUT2D eigenvalue weighted by Gasteiger charge is 2.26. The summed E-state index contributed by atoms with van der Waals surface area (Å²) in [6, 6.07) is 12.7. The first-order chi connectivity index (χ1) is 17.4. The number of benzene rings is 2. The van der Waals surface area contributed by atoms with E-state index in [0.717, 1.165) is 19.6 Å². The molecule has 190 valence electrons. The summed E-state index contributed by atoms with van der Waals surface area (Å²) in [5.74, 6) is 0.278. The van der Waals surface area contributed by atoms with Gasteiger partial charge >= 0.3 is 0 Å². The number of nitrogens with zero attached hydrogens (tertiary/aromatic N) is 4. The molecular formula is C26H31N5O5. The smallest absolute Gasteiger partial charge is 0.261 e. The van der Waals surface area contributed by atoms with E-state index in [1.165, 1.54) is 30.7 Å². The van der Waals surface area contributed by atoms with Crippen LogP contribution < -0.4 is 20.3 Å². The Morgan fingerprint density at radius 2 is 1.69 bits per heavy atom. The molecule has 36 heavy (non-hydrogen) atoms. The van der Waals surface area contributed by atoms with Crippen LogP contribution in [0, 0.1) is 0 Å². The van der Waals surface area contributed by atoms with Crippen molar-refractivity contribution in [2.75, 3.05) is 40.4 Å². The van der Waals surface area contributed by atoms with E-state index in [9.17, 15) is 14.4 Å². The normalized spacial score (nSPS) is 14.9. The third-order valence-electron chi connectivity index (χ3n) is 6.32. The maximum Gasteiger partial charge on any atom is 0.261 e. The first kappa shape index (κ1) is 25.2. The molecule has 2 aromatic carbocycles. The number of aromatic nitrogens is 2. The molecule has 2 heterocycles. The summed E-state index contributed by atoms with van der Waals surface area (Å²) >= 11 is 0. The summed E-state index contributed by atoms with van der Waals surface area (Å²) in [4.78, 5) is 46.8. The molecule has 0 aliphatic carbocycles. The van der Waals surface area contributed by atoms with Crippen molar-refractivity contribution in [2.24, 2.45) is 0 Å². The molecule has 4 rings (SSSR count). The van der Waals surface area contributed by atoms with Crippen molar-refractivity contribution in [1.29, 1.82) is 0 Å². The third-order valence-corrected chi connectivity index (χ3v) is 6.32. The largest absolute Gasteiger partial charge is 0.493 e. The van der Waals surface area contributed by atoms with Gasteiger partial charge in [0.05, 0.1) is 31.4 Å². The van der Waals surface area contributed by atoms with Crippen molar-refractivity contribution in [1.82, 2.24) is 24.7 Å². The highest BCUT2D eigenvalue weighted by atomic mass is 16.5. The van der Waals surface area contributed by atoms with Crippen molar-refractivity contribution in [3.05, 3.63) is 64.7 Å². The molecule has 3 aromatic rings. The average molecular weight is 494 g/mol. The minimum Gasteiger partial charge on any atom is -0.493 e. The summed E-state index contributed by atoms with van der Waals surface area (Å²) in [5.41, 5.74) is 1.29. The summed E-state index contributed by atoms with van der Waals surface area (Å²) < 4.78 is 11.7. The number of methoxy groups -OCH3 is 2. The zero-order valence-electron chi connectivity index (χ0n) is 20.8. The monoisotopic (exact) mass is 493 g/mol. The lowest BCUT2D eigenvalue weighted by molar-refractivity contribution is -0.137. The highest BCUT2D eigenvalue weighted by Crippen LogP contribution is 2.29. The van der Waals surface area contributed by atoms with Crippen LogP contribution in [0.15, 0.2) is 53.6 Å². The summed E-state index contributed by atoms with van der Waals surface area (Å²) in [6.45, 7) is 5.01. The van der Waals surface area contributed by atoms with Gasteiger partial charge in [-0.2, -0.15) is 0 Å². The van der Waals surface area contributed by atoms with Crippen LogP contribution in [0.4, 0.5) is 0 Å². The van der Waals surface area contributed by atoms with Gasteiger partial charge in [0.15, 0.2) is 11.5 Å². The molecule has 10 nitrogen and oxygen atoms in total. The Balaban J connectivity index is 1.33. The van der Waals surface area contributed by atoms with Gasteiger partial charge in [0, 0.05) is 38.8 Å². The number of nitrogens with one attached hydrogen (secondary N) is 1. The molecule has 0 radical (unpaired) electrons. The molecule has 2 amide bonds. The quantitative estimate of drug-likeness (QED) is 0.504. The second-order valence-electron chi connectivity index (χ2n) is 8.78. The second-order valence-corrected chi connectivity index (χ2v) is 8.78. The van der Waals surface area contributed by atoms with Crippen molar-refractivity contribution in [3.63, 3.8) is 0 Å². The molecule has 10 heteroatoms. The molecular weight excluding hydrogens is 462 g/mol. The van der Waals surface area contributed by atoms with Crippen LogP contribution in [-0.4, -0.2) is 77.6 Å². The molecule has 1 aliphatic heterocycles. The van der Waals surface area contributed by atoms with E-state index in [2.05, 4.69) is 27.3 Å². The van der Waals surface area contributed by atoms with Gasteiger partial charge in [-0.05, 0) is 18.6 Å². The number of carbonyl (C=O) groups is 2. The van der Waals surface area contributed by atoms with E-state index in [4.69, 9.17) is 9.47 Å². The summed E-state index contributed by atoms with van der Waals surface area (Å²) in [7, 11) is 2.98. The van der Waals surface area contributed by atoms with Gasteiger partial charge in [-0.1, -0.05) is 30.3 Å². The van der Waals surface area contributed by atoms with Gasteiger partial charge < -0.3 is 19.7 Å². The fourth-order valence-electron chi connectivity index (χ4n) is 4.34. The zero-order valence-corrected chi connectivity index (χ0v) is 20.8. The van der Waals surface area contributed by atoms with Crippen LogP contribution in [0.25, 0.3) is 10.9 Å². The first-order valence-electron chi connectivity index (χ1n) is 11.8. The lowest BCUT2D eigenvalue weighted by Gasteiger charge is -2.36. The fraction of sp³-hybridized carbons (Fsp3) is 0.385. The molecule has 0 bridgehead atoms. The van der Waals surface area contributed by atoms with Crippen molar-refractivity contribution in [3.8, 4) is 11.5 Å². The molecule has 1 aromatic heterocycles. The van der Waals surface area contributed by atoms with Crippen molar-refractivity contribution in [2.45, 2.75) is 26.1 Å². The van der Waals surface area contributed by atoms with Crippen LogP contribution in [0.5, 0.6) is 11.5 Å². The lowest BCUT2D eigenvalue weighted by Crippen LogP contribution is -2.54. The van der Waals surface area contributed by atoms with Crippen LogP contribution in [0.1, 0.15) is 12.5 Å². The third kappa shape index (κ3) is 5.65. The second kappa shape index (κ2) is 11.2. The Hall–Kier alpha value is -3.92. The number of hydrogen-bond donors (Lipinski definition) is 1. The number of fused-ring (bicyclic) bond motifs is 1. The van der Waals surface area contributed by atoms with Gasteiger partial charge in [-0.3, -0.25) is 23.9 Å². The van der Waals surface area contributed by atoms with Crippen molar-refractivity contribution < 1.29 is 19.1 Å². The van der Waals surface area contributed by atoms with Crippen molar-refractivity contribution >= 4 is 22.7 Å². The summed E-state index contributed by atoms with van der Waals surface area (Å²) in [5, 5.41) is 3.02. The topological polar surface area (TPSA) is 106 Å².